The van der Waals surface area contributed by atoms with Gasteiger partial charge in [0.2, 0.25) is 5.76 Å². The van der Waals surface area contributed by atoms with Crippen molar-refractivity contribution in [1.82, 2.24) is 19.5 Å². The van der Waals surface area contributed by atoms with Gasteiger partial charge >= 0.3 is 12.0 Å². The number of aliphatic carboxylic acids is 1. The van der Waals surface area contributed by atoms with Crippen molar-refractivity contribution in [2.75, 3.05) is 26.1 Å². The van der Waals surface area contributed by atoms with E-state index in [-0.39, 0.29) is 24.2 Å². The van der Waals surface area contributed by atoms with Crippen molar-refractivity contribution in [2.45, 2.75) is 26.3 Å². The Balaban J connectivity index is 1.94. The molecule has 2 aromatic rings. The first-order valence-corrected chi connectivity index (χ1v) is 8.49. The molecule has 0 aromatic carbocycles. The maximum atomic E-state index is 10.9. The highest BCUT2D eigenvalue weighted by Crippen LogP contribution is 2.27. The lowest BCUT2D eigenvalue weighted by atomic mass is 10.2. The van der Waals surface area contributed by atoms with Crippen molar-refractivity contribution in [3.63, 3.8) is 0 Å². The molecule has 1 aliphatic rings. The minimum Gasteiger partial charge on any atom is -0.482 e. The average Bonchev–Trinajstić information content (AvgIpc) is 3.01. The summed E-state index contributed by atoms with van der Waals surface area (Å²) < 4.78 is 17.9. The number of hydrogen-bond acceptors (Lipinski definition) is 8. The Morgan fingerprint density at radius 2 is 2.19 bits per heavy atom. The maximum Gasteiger partial charge on any atom is 0.371 e. The zero-order valence-electron chi connectivity index (χ0n) is 15.1. The molecule has 0 atom stereocenters. The maximum absolute atomic E-state index is 10.9. The molecule has 0 unspecified atom stereocenters. The lowest BCUT2D eigenvalue weighted by Crippen LogP contribution is -2.14. The summed E-state index contributed by atoms with van der Waals surface area (Å²) in [7, 11) is 1.49. The third-order valence-electron chi connectivity index (χ3n) is 3.93. The van der Waals surface area contributed by atoms with Crippen molar-refractivity contribution < 1.29 is 24.1 Å². The number of nitrogens with two attached hydrogens (primary N) is 1. The lowest BCUT2D eigenvalue weighted by Gasteiger charge is -2.15. The van der Waals surface area contributed by atoms with Crippen LogP contribution in [0, 0.1) is 0 Å². The number of fused-ring (bicyclic) bond motifs is 1. The molecule has 0 amide bonds. The molecular formula is C17H21N5O5. The molecule has 1 aliphatic heterocycles. The van der Waals surface area contributed by atoms with E-state index < -0.39 is 5.97 Å². The number of nitrogen functional groups attached to an aromatic ring is 1. The molecule has 0 spiro atoms. The number of carboxylic acid groups (broad SMARTS) is 1. The largest absolute Gasteiger partial charge is 0.482 e. The second-order valence-corrected chi connectivity index (χ2v) is 5.90. The quantitative estimate of drug-likeness (QED) is 0.658. The monoisotopic (exact) mass is 375 g/mol. The van der Waals surface area contributed by atoms with Crippen LogP contribution in [0.3, 0.4) is 0 Å². The lowest BCUT2D eigenvalue weighted by molar-refractivity contribution is -0.136. The van der Waals surface area contributed by atoms with Crippen molar-refractivity contribution in [1.29, 1.82) is 0 Å². The Kier molecular flexibility index (Phi) is 5.43. The molecule has 2 aromatic heterocycles. The second kappa shape index (κ2) is 7.94. The van der Waals surface area contributed by atoms with Crippen molar-refractivity contribution in [3.8, 4) is 12.0 Å². The third kappa shape index (κ3) is 3.94. The summed E-state index contributed by atoms with van der Waals surface area (Å²) in [6.45, 7) is 3.04. The molecule has 3 rings (SSSR count). The number of anilines is 1. The predicted octanol–water partition coefficient (Wildman–Crippen LogP) is 1.52. The van der Waals surface area contributed by atoms with Gasteiger partial charge in [0.05, 0.1) is 20.3 Å². The minimum atomic E-state index is -1.11. The number of rotatable bonds is 8. The molecule has 0 saturated carbocycles. The van der Waals surface area contributed by atoms with Crippen LogP contribution >= 0.6 is 0 Å². The number of carbonyl (C=O) groups is 1. The van der Waals surface area contributed by atoms with Gasteiger partial charge in [-0.15, -0.1) is 0 Å². The Bertz CT molecular complexity index is 918. The van der Waals surface area contributed by atoms with Crippen LogP contribution in [0.2, 0.25) is 0 Å². The van der Waals surface area contributed by atoms with Gasteiger partial charge in [-0.1, -0.05) is 19.4 Å². The zero-order chi connectivity index (χ0) is 19.4. The fourth-order valence-electron chi connectivity index (χ4n) is 2.55. The van der Waals surface area contributed by atoms with Gasteiger partial charge in [0.1, 0.15) is 6.61 Å². The standard InChI is InChI=1S/C17H21N5O5/c1-3-4-7-26-16-20-13(18)12-14(21-16)22(17(19-12)25-2)8-10-5-6-11(15(23)24)27-9-10/h5-6H,3-4,7-9H2,1-2H3,(H,23,24)(H2,18,20,21). The molecular weight excluding hydrogens is 354 g/mol. The topological polar surface area (TPSA) is 135 Å². The van der Waals surface area contributed by atoms with Gasteiger partial charge in [0.15, 0.2) is 17.0 Å². The summed E-state index contributed by atoms with van der Waals surface area (Å²) in [5.41, 5.74) is 7.71. The Morgan fingerprint density at radius 3 is 2.81 bits per heavy atom. The van der Waals surface area contributed by atoms with E-state index in [1.165, 1.54) is 13.2 Å². The molecule has 10 nitrogen and oxygen atoms in total. The van der Waals surface area contributed by atoms with Crippen LogP contribution < -0.4 is 15.2 Å². The second-order valence-electron chi connectivity index (χ2n) is 5.90. The molecule has 3 N–H and O–H groups in total. The normalized spacial score (nSPS) is 13.7. The summed E-state index contributed by atoms with van der Waals surface area (Å²) in [5.74, 6) is -1.00. The van der Waals surface area contributed by atoms with Gasteiger partial charge in [0.25, 0.3) is 6.01 Å². The Labute approximate surface area is 155 Å². The van der Waals surface area contributed by atoms with Gasteiger partial charge in [0, 0.05) is 0 Å². The highest BCUT2D eigenvalue weighted by Gasteiger charge is 2.20. The molecule has 3 heterocycles. The van der Waals surface area contributed by atoms with Crippen molar-refractivity contribution in [2.24, 2.45) is 0 Å². The van der Waals surface area contributed by atoms with Crippen LogP contribution in [0.4, 0.5) is 5.82 Å². The van der Waals surface area contributed by atoms with E-state index >= 15 is 0 Å². The molecule has 0 bridgehead atoms. The van der Waals surface area contributed by atoms with Gasteiger partial charge in [-0.3, -0.25) is 4.57 Å². The Morgan fingerprint density at radius 1 is 1.37 bits per heavy atom. The van der Waals surface area contributed by atoms with Gasteiger partial charge < -0.3 is 25.1 Å². The van der Waals surface area contributed by atoms with Crippen LogP contribution in [-0.4, -0.2) is 50.9 Å². The van der Waals surface area contributed by atoms with Crippen molar-refractivity contribution in [3.05, 3.63) is 23.5 Å². The number of ether oxygens (including phenoxy) is 3. The minimum absolute atomic E-state index is 0.0978. The summed E-state index contributed by atoms with van der Waals surface area (Å²) in [6.07, 6.45) is 4.98. The molecule has 10 heteroatoms. The Hall–Kier alpha value is -3.30. The van der Waals surface area contributed by atoms with E-state index in [9.17, 15) is 4.79 Å². The number of nitrogens with zero attached hydrogens (tertiary/aromatic N) is 4. The van der Waals surface area contributed by atoms with Crippen LogP contribution in [0.5, 0.6) is 12.0 Å². The zero-order valence-corrected chi connectivity index (χ0v) is 15.1. The molecule has 0 fully saturated rings. The van der Waals surface area contributed by atoms with E-state index in [2.05, 4.69) is 21.9 Å². The van der Waals surface area contributed by atoms with Crippen molar-refractivity contribution >= 4 is 23.0 Å². The van der Waals surface area contributed by atoms with E-state index in [1.54, 1.807) is 10.6 Å². The number of aromatic nitrogens is 4. The van der Waals surface area contributed by atoms with Gasteiger partial charge in [-0.2, -0.15) is 15.0 Å². The van der Waals surface area contributed by atoms with E-state index in [1.807, 2.05) is 0 Å². The summed E-state index contributed by atoms with van der Waals surface area (Å²) in [6, 6.07) is 0.491. The average molecular weight is 375 g/mol. The first-order chi connectivity index (χ1) is 13.0. The smallest absolute Gasteiger partial charge is 0.371 e. The van der Waals surface area contributed by atoms with Gasteiger partial charge in [-0.25, -0.2) is 4.79 Å². The summed E-state index contributed by atoms with van der Waals surface area (Å²) in [5, 5.41) is 8.95. The number of imidazole rings is 1. The molecule has 27 heavy (non-hydrogen) atoms. The highest BCUT2D eigenvalue weighted by atomic mass is 16.5. The first-order valence-electron chi connectivity index (χ1n) is 8.49. The number of allylic oxidation sites excluding steroid dienone is 2. The van der Waals surface area contributed by atoms with E-state index in [4.69, 9.17) is 25.1 Å². The van der Waals surface area contributed by atoms with Crippen LogP contribution in [-0.2, 0) is 16.1 Å². The summed E-state index contributed by atoms with van der Waals surface area (Å²) >= 11 is 0. The number of carboxylic acids is 1. The van der Waals surface area contributed by atoms with E-state index in [0.29, 0.717) is 30.3 Å². The van der Waals surface area contributed by atoms with E-state index in [0.717, 1.165) is 18.4 Å². The predicted molar refractivity (Wildman–Crippen MR) is 96.4 cm³/mol. The fourth-order valence-corrected chi connectivity index (χ4v) is 2.55. The number of unbranched alkanes of at least 4 members (excludes halogenated alkanes) is 1. The number of methoxy groups -OCH3 is 1. The molecule has 144 valence electrons. The highest BCUT2D eigenvalue weighted by molar-refractivity contribution is 5.85. The van der Waals surface area contributed by atoms with Crippen LogP contribution in [0.1, 0.15) is 19.8 Å². The summed E-state index contributed by atoms with van der Waals surface area (Å²) in [4.78, 5) is 23.8. The van der Waals surface area contributed by atoms with Gasteiger partial charge in [-0.05, 0) is 18.1 Å². The molecule has 0 saturated heterocycles. The van der Waals surface area contributed by atoms with Crippen LogP contribution in [0.25, 0.3) is 11.2 Å². The number of hydrogen-bond donors (Lipinski definition) is 2. The third-order valence-corrected chi connectivity index (χ3v) is 3.93. The van der Waals surface area contributed by atoms with Crippen LogP contribution in [0.15, 0.2) is 23.5 Å². The SMILES string of the molecule is CCCCOc1nc(N)c2nc(OC)n(CC3=CC=C(C(=O)O)OC3)c2n1. The first kappa shape index (κ1) is 18.5. The fraction of sp³-hybridized carbons (Fsp3) is 0.412. The molecule has 0 aliphatic carbocycles. The molecule has 0 radical (unpaired) electrons.